The highest BCUT2D eigenvalue weighted by molar-refractivity contribution is 5.48. The van der Waals surface area contributed by atoms with Crippen molar-refractivity contribution < 1.29 is 5.11 Å². The molecule has 1 rings (SSSR count). The van der Waals surface area contributed by atoms with Gasteiger partial charge < -0.3 is 16.6 Å². The largest absolute Gasteiger partial charge is 0.398 e. The van der Waals surface area contributed by atoms with E-state index in [-0.39, 0.29) is 6.61 Å². The third-order valence-electron chi connectivity index (χ3n) is 1.80. The third-order valence-corrected chi connectivity index (χ3v) is 1.80. The van der Waals surface area contributed by atoms with Crippen LogP contribution < -0.4 is 11.5 Å². The fourth-order valence-electron chi connectivity index (χ4n) is 0.968. The SMILES string of the molecule is C[C@](N)(CO)c1cnccc1N. The van der Waals surface area contributed by atoms with Gasteiger partial charge in [0.15, 0.2) is 0 Å². The van der Waals surface area contributed by atoms with Gasteiger partial charge in [0, 0.05) is 23.6 Å². The highest BCUT2D eigenvalue weighted by atomic mass is 16.3. The molecule has 0 bridgehead atoms. The average molecular weight is 167 g/mol. The molecule has 0 fully saturated rings. The van der Waals surface area contributed by atoms with Crippen molar-refractivity contribution in [2.45, 2.75) is 12.5 Å². The van der Waals surface area contributed by atoms with Crippen molar-refractivity contribution in [1.29, 1.82) is 0 Å². The van der Waals surface area contributed by atoms with Crippen LogP contribution in [0.1, 0.15) is 12.5 Å². The van der Waals surface area contributed by atoms with Crippen molar-refractivity contribution in [3.05, 3.63) is 24.0 Å². The van der Waals surface area contributed by atoms with Crippen LogP contribution in [0.2, 0.25) is 0 Å². The van der Waals surface area contributed by atoms with Gasteiger partial charge in [-0.1, -0.05) is 0 Å². The minimum atomic E-state index is -0.807. The van der Waals surface area contributed by atoms with Crippen molar-refractivity contribution >= 4 is 5.69 Å². The van der Waals surface area contributed by atoms with Crippen molar-refractivity contribution in [3.63, 3.8) is 0 Å². The van der Waals surface area contributed by atoms with E-state index in [4.69, 9.17) is 16.6 Å². The summed E-state index contributed by atoms with van der Waals surface area (Å²) in [4.78, 5) is 3.89. The number of hydrogen-bond donors (Lipinski definition) is 3. The number of aliphatic hydroxyl groups is 1. The average Bonchev–Trinajstić information content (AvgIpc) is 2.05. The Hall–Kier alpha value is -1.13. The van der Waals surface area contributed by atoms with Gasteiger partial charge in [0.2, 0.25) is 0 Å². The highest BCUT2D eigenvalue weighted by Gasteiger charge is 2.22. The van der Waals surface area contributed by atoms with Crippen molar-refractivity contribution in [3.8, 4) is 0 Å². The second kappa shape index (κ2) is 3.08. The van der Waals surface area contributed by atoms with E-state index in [2.05, 4.69) is 4.98 Å². The molecule has 0 aromatic carbocycles. The summed E-state index contributed by atoms with van der Waals surface area (Å²) >= 11 is 0. The Kier molecular flexibility index (Phi) is 2.30. The monoisotopic (exact) mass is 167 g/mol. The molecule has 4 nitrogen and oxygen atoms in total. The topological polar surface area (TPSA) is 85.2 Å². The number of aliphatic hydroxyl groups excluding tert-OH is 1. The molecule has 0 radical (unpaired) electrons. The van der Waals surface area contributed by atoms with Crippen LogP contribution in [0.3, 0.4) is 0 Å². The maximum atomic E-state index is 8.96. The Morgan fingerprint density at radius 2 is 2.33 bits per heavy atom. The number of anilines is 1. The Morgan fingerprint density at radius 3 is 2.83 bits per heavy atom. The van der Waals surface area contributed by atoms with E-state index in [1.54, 1.807) is 25.4 Å². The van der Waals surface area contributed by atoms with E-state index in [9.17, 15) is 0 Å². The molecule has 0 spiro atoms. The number of nitrogens with two attached hydrogens (primary N) is 2. The first-order valence-corrected chi connectivity index (χ1v) is 3.67. The summed E-state index contributed by atoms with van der Waals surface area (Å²) in [5.41, 5.74) is 11.8. The number of nitrogen functional groups attached to an aromatic ring is 1. The van der Waals surface area contributed by atoms with Crippen LogP contribution in [0.15, 0.2) is 18.5 Å². The number of pyridine rings is 1. The van der Waals surface area contributed by atoms with E-state index in [0.717, 1.165) is 0 Å². The molecule has 1 aromatic heterocycles. The van der Waals surface area contributed by atoms with E-state index in [1.807, 2.05) is 0 Å². The molecular formula is C8H13N3O. The van der Waals surface area contributed by atoms with Gasteiger partial charge in [-0.2, -0.15) is 0 Å². The molecule has 0 saturated carbocycles. The number of rotatable bonds is 2. The van der Waals surface area contributed by atoms with Gasteiger partial charge in [-0.25, -0.2) is 0 Å². The van der Waals surface area contributed by atoms with E-state index in [0.29, 0.717) is 11.3 Å². The van der Waals surface area contributed by atoms with Crippen LogP contribution in [-0.2, 0) is 5.54 Å². The standard InChI is InChI=1S/C8H13N3O/c1-8(10,5-12)6-4-11-3-2-7(6)9/h2-4,12H,5,10H2,1H3,(H2,9,11)/t8-/m0/s1. The minimum Gasteiger partial charge on any atom is -0.398 e. The molecular weight excluding hydrogens is 154 g/mol. The zero-order chi connectivity index (χ0) is 9.19. The molecule has 0 aliphatic carbocycles. The fourth-order valence-corrected chi connectivity index (χ4v) is 0.968. The van der Waals surface area contributed by atoms with Gasteiger partial charge in [0.05, 0.1) is 12.1 Å². The lowest BCUT2D eigenvalue weighted by atomic mass is 9.95. The second-order valence-corrected chi connectivity index (χ2v) is 3.04. The molecule has 1 aromatic rings. The van der Waals surface area contributed by atoms with Crippen molar-refractivity contribution in [2.75, 3.05) is 12.3 Å². The molecule has 1 heterocycles. The normalized spacial score (nSPS) is 15.6. The predicted octanol–water partition coefficient (Wildman–Crippen LogP) is -0.170. The van der Waals surface area contributed by atoms with Crippen molar-refractivity contribution in [1.82, 2.24) is 4.98 Å². The van der Waals surface area contributed by atoms with Crippen LogP contribution >= 0.6 is 0 Å². The lowest BCUT2D eigenvalue weighted by Crippen LogP contribution is -2.37. The molecule has 0 aliphatic rings. The first kappa shape index (κ1) is 8.96. The molecule has 0 saturated heterocycles. The van der Waals surface area contributed by atoms with Gasteiger partial charge in [-0.15, -0.1) is 0 Å². The van der Waals surface area contributed by atoms with Crippen LogP contribution in [0.5, 0.6) is 0 Å². The maximum Gasteiger partial charge on any atom is 0.0651 e. The first-order chi connectivity index (χ1) is 5.58. The summed E-state index contributed by atoms with van der Waals surface area (Å²) in [6.45, 7) is 1.56. The number of nitrogens with zero attached hydrogens (tertiary/aromatic N) is 1. The quantitative estimate of drug-likeness (QED) is 0.571. The van der Waals surface area contributed by atoms with Crippen LogP contribution in [0.25, 0.3) is 0 Å². The van der Waals surface area contributed by atoms with Gasteiger partial charge in [0.25, 0.3) is 0 Å². The van der Waals surface area contributed by atoms with Crippen LogP contribution in [-0.4, -0.2) is 16.7 Å². The third kappa shape index (κ3) is 1.54. The molecule has 1 atom stereocenters. The zero-order valence-corrected chi connectivity index (χ0v) is 6.99. The molecule has 0 aliphatic heterocycles. The minimum absolute atomic E-state index is 0.150. The molecule has 66 valence electrons. The molecule has 0 unspecified atom stereocenters. The summed E-state index contributed by atoms with van der Waals surface area (Å²) in [7, 11) is 0. The summed E-state index contributed by atoms with van der Waals surface area (Å²) in [6, 6.07) is 1.66. The van der Waals surface area contributed by atoms with Crippen LogP contribution in [0.4, 0.5) is 5.69 Å². The van der Waals surface area contributed by atoms with Crippen molar-refractivity contribution in [2.24, 2.45) is 5.73 Å². The Balaban J connectivity index is 3.10. The smallest absolute Gasteiger partial charge is 0.0651 e. The van der Waals surface area contributed by atoms with Crippen LogP contribution in [0, 0.1) is 0 Å². The summed E-state index contributed by atoms with van der Waals surface area (Å²) in [5.74, 6) is 0. The predicted molar refractivity (Wildman–Crippen MR) is 47.3 cm³/mol. The number of aromatic nitrogens is 1. The second-order valence-electron chi connectivity index (χ2n) is 3.04. The summed E-state index contributed by atoms with van der Waals surface area (Å²) in [5, 5.41) is 8.96. The molecule has 4 heteroatoms. The Morgan fingerprint density at radius 1 is 1.67 bits per heavy atom. The zero-order valence-electron chi connectivity index (χ0n) is 6.99. The Bertz CT molecular complexity index is 273. The first-order valence-electron chi connectivity index (χ1n) is 3.67. The Labute approximate surface area is 71.2 Å². The molecule has 12 heavy (non-hydrogen) atoms. The van der Waals surface area contributed by atoms with E-state index < -0.39 is 5.54 Å². The van der Waals surface area contributed by atoms with E-state index in [1.165, 1.54) is 0 Å². The maximum absolute atomic E-state index is 8.96. The highest BCUT2D eigenvalue weighted by Crippen LogP contribution is 2.21. The number of hydrogen-bond acceptors (Lipinski definition) is 4. The lowest BCUT2D eigenvalue weighted by molar-refractivity contribution is 0.210. The van der Waals surface area contributed by atoms with Gasteiger partial charge in [-0.3, -0.25) is 4.98 Å². The summed E-state index contributed by atoms with van der Waals surface area (Å²) in [6.07, 6.45) is 3.16. The van der Waals surface area contributed by atoms with Gasteiger partial charge in [0.1, 0.15) is 0 Å². The van der Waals surface area contributed by atoms with E-state index >= 15 is 0 Å². The van der Waals surface area contributed by atoms with Gasteiger partial charge in [-0.05, 0) is 13.0 Å². The lowest BCUT2D eigenvalue weighted by Gasteiger charge is -2.23. The molecule has 5 N–H and O–H groups in total. The summed E-state index contributed by atoms with van der Waals surface area (Å²) < 4.78 is 0. The fraction of sp³-hybridized carbons (Fsp3) is 0.375. The molecule has 0 amide bonds. The van der Waals surface area contributed by atoms with Gasteiger partial charge >= 0.3 is 0 Å².